The van der Waals surface area contributed by atoms with Crippen LogP contribution in [-0.2, 0) is 0 Å². The van der Waals surface area contributed by atoms with E-state index in [9.17, 15) is 5.11 Å². The average molecular weight is 248 g/mol. The number of rotatable bonds is 4. The van der Waals surface area contributed by atoms with Crippen molar-refractivity contribution in [2.24, 2.45) is 5.73 Å². The number of hydrogen-bond acceptors (Lipinski definition) is 4. The molecular weight excluding hydrogens is 230 g/mol. The van der Waals surface area contributed by atoms with Crippen LogP contribution in [0.5, 0.6) is 11.5 Å². The van der Waals surface area contributed by atoms with Crippen molar-refractivity contribution in [1.82, 2.24) is 0 Å². The van der Waals surface area contributed by atoms with Gasteiger partial charge in [-0.15, -0.1) is 12.4 Å². The molecule has 92 valence electrons. The molecule has 1 rings (SSSR count). The quantitative estimate of drug-likeness (QED) is 0.847. The van der Waals surface area contributed by atoms with Gasteiger partial charge in [-0.2, -0.15) is 0 Å². The summed E-state index contributed by atoms with van der Waals surface area (Å²) in [4.78, 5) is 0. The first kappa shape index (κ1) is 15.0. The van der Waals surface area contributed by atoms with Crippen molar-refractivity contribution in [3.63, 3.8) is 0 Å². The lowest BCUT2D eigenvalue weighted by molar-refractivity contribution is 0.164. The first-order valence-electron chi connectivity index (χ1n) is 4.75. The Labute approximate surface area is 102 Å². The van der Waals surface area contributed by atoms with Crippen molar-refractivity contribution in [2.45, 2.75) is 19.1 Å². The average Bonchev–Trinajstić information content (AvgIpc) is 2.26. The first-order chi connectivity index (χ1) is 7.10. The van der Waals surface area contributed by atoms with Crippen LogP contribution in [-0.4, -0.2) is 25.4 Å². The fourth-order valence-electron chi connectivity index (χ4n) is 1.34. The van der Waals surface area contributed by atoms with Gasteiger partial charge in [0.05, 0.1) is 26.4 Å². The van der Waals surface area contributed by atoms with Gasteiger partial charge in [0.15, 0.2) is 11.5 Å². The molecule has 5 heteroatoms. The normalized spacial score (nSPS) is 13.6. The Bertz CT molecular complexity index is 331. The lowest BCUT2D eigenvalue weighted by atomic mass is 10.0. The van der Waals surface area contributed by atoms with Crippen LogP contribution in [0.2, 0.25) is 0 Å². The van der Waals surface area contributed by atoms with Gasteiger partial charge in [0.25, 0.3) is 0 Å². The molecule has 0 aromatic heterocycles. The summed E-state index contributed by atoms with van der Waals surface area (Å²) >= 11 is 0. The molecule has 0 heterocycles. The van der Waals surface area contributed by atoms with Crippen molar-refractivity contribution in [3.8, 4) is 11.5 Å². The standard InChI is InChI=1S/C11H17NO3.ClH/c1-7(13)11(12)8-4-5-9(14-2)10(6-8)15-3;/h4-7,11,13H,12H2,1-3H3;1H/t7-,11-;/m1./s1. The zero-order valence-corrected chi connectivity index (χ0v) is 10.5. The monoisotopic (exact) mass is 247 g/mol. The second kappa shape index (κ2) is 6.58. The molecule has 16 heavy (non-hydrogen) atoms. The van der Waals surface area contributed by atoms with Gasteiger partial charge in [0.1, 0.15) is 0 Å². The van der Waals surface area contributed by atoms with Crippen LogP contribution < -0.4 is 15.2 Å². The van der Waals surface area contributed by atoms with E-state index in [1.165, 1.54) is 0 Å². The van der Waals surface area contributed by atoms with Crippen molar-refractivity contribution in [1.29, 1.82) is 0 Å². The van der Waals surface area contributed by atoms with Crippen LogP contribution in [0, 0.1) is 0 Å². The topological polar surface area (TPSA) is 64.7 Å². The number of halogens is 1. The molecule has 0 bridgehead atoms. The summed E-state index contributed by atoms with van der Waals surface area (Å²) in [6, 6.07) is 4.95. The molecule has 0 fully saturated rings. The van der Waals surface area contributed by atoms with Gasteiger partial charge in [0.2, 0.25) is 0 Å². The van der Waals surface area contributed by atoms with Crippen LogP contribution in [0.1, 0.15) is 18.5 Å². The fourth-order valence-corrected chi connectivity index (χ4v) is 1.34. The molecular formula is C11H18ClNO3. The van der Waals surface area contributed by atoms with E-state index in [0.29, 0.717) is 11.5 Å². The highest BCUT2D eigenvalue weighted by Gasteiger charge is 2.14. The summed E-state index contributed by atoms with van der Waals surface area (Å²) in [5.74, 6) is 1.27. The van der Waals surface area contributed by atoms with E-state index in [0.717, 1.165) is 5.56 Å². The van der Waals surface area contributed by atoms with Gasteiger partial charge in [0, 0.05) is 0 Å². The third kappa shape index (κ3) is 3.27. The Morgan fingerprint density at radius 3 is 2.19 bits per heavy atom. The van der Waals surface area contributed by atoms with Crippen molar-refractivity contribution in [3.05, 3.63) is 23.8 Å². The number of hydrogen-bond donors (Lipinski definition) is 2. The first-order valence-corrected chi connectivity index (χ1v) is 4.75. The Balaban J connectivity index is 0.00000225. The number of nitrogens with two attached hydrogens (primary N) is 1. The molecule has 1 aromatic carbocycles. The molecule has 0 unspecified atom stereocenters. The lowest BCUT2D eigenvalue weighted by Gasteiger charge is -2.17. The molecule has 0 aliphatic carbocycles. The Morgan fingerprint density at radius 2 is 1.75 bits per heavy atom. The number of aliphatic hydroxyl groups is 1. The molecule has 0 saturated carbocycles. The summed E-state index contributed by atoms with van der Waals surface area (Å²) in [7, 11) is 3.14. The maximum Gasteiger partial charge on any atom is 0.161 e. The Hall–Kier alpha value is -0.970. The Morgan fingerprint density at radius 1 is 1.19 bits per heavy atom. The van der Waals surface area contributed by atoms with Crippen molar-refractivity contribution in [2.75, 3.05) is 14.2 Å². The second-order valence-corrected chi connectivity index (χ2v) is 3.38. The summed E-state index contributed by atoms with van der Waals surface area (Å²) in [6.45, 7) is 1.65. The van der Waals surface area contributed by atoms with E-state index in [1.807, 2.05) is 6.07 Å². The highest BCUT2D eigenvalue weighted by molar-refractivity contribution is 5.85. The van der Waals surface area contributed by atoms with Crippen LogP contribution in [0.4, 0.5) is 0 Å². The second-order valence-electron chi connectivity index (χ2n) is 3.38. The van der Waals surface area contributed by atoms with Crippen molar-refractivity contribution < 1.29 is 14.6 Å². The predicted molar refractivity (Wildman–Crippen MR) is 65.4 cm³/mol. The largest absolute Gasteiger partial charge is 0.493 e. The van der Waals surface area contributed by atoms with E-state index in [-0.39, 0.29) is 12.4 Å². The van der Waals surface area contributed by atoms with Gasteiger partial charge >= 0.3 is 0 Å². The summed E-state index contributed by atoms with van der Waals surface area (Å²) in [5, 5.41) is 9.37. The third-order valence-corrected chi connectivity index (χ3v) is 2.31. The van der Waals surface area contributed by atoms with Crippen LogP contribution in [0.3, 0.4) is 0 Å². The van der Waals surface area contributed by atoms with E-state index in [4.69, 9.17) is 15.2 Å². The maximum absolute atomic E-state index is 9.37. The molecule has 4 nitrogen and oxygen atoms in total. The number of aliphatic hydroxyl groups excluding tert-OH is 1. The van der Waals surface area contributed by atoms with E-state index in [2.05, 4.69) is 0 Å². The molecule has 0 saturated heterocycles. The predicted octanol–water partition coefficient (Wildman–Crippen LogP) is 1.51. The van der Waals surface area contributed by atoms with Crippen LogP contribution in [0.15, 0.2) is 18.2 Å². The minimum Gasteiger partial charge on any atom is -0.493 e. The van der Waals surface area contributed by atoms with E-state index >= 15 is 0 Å². The van der Waals surface area contributed by atoms with E-state index < -0.39 is 12.1 Å². The highest BCUT2D eigenvalue weighted by Crippen LogP contribution is 2.30. The van der Waals surface area contributed by atoms with Gasteiger partial charge in [-0.05, 0) is 24.6 Å². The van der Waals surface area contributed by atoms with Gasteiger partial charge < -0.3 is 20.3 Å². The zero-order chi connectivity index (χ0) is 11.4. The maximum atomic E-state index is 9.37. The zero-order valence-electron chi connectivity index (χ0n) is 9.64. The molecule has 0 radical (unpaired) electrons. The fraction of sp³-hybridized carbons (Fsp3) is 0.455. The summed E-state index contributed by atoms with van der Waals surface area (Å²) < 4.78 is 10.2. The molecule has 0 aliphatic rings. The molecule has 1 aromatic rings. The van der Waals surface area contributed by atoms with E-state index in [1.54, 1.807) is 33.3 Å². The smallest absolute Gasteiger partial charge is 0.161 e. The van der Waals surface area contributed by atoms with Crippen LogP contribution >= 0.6 is 12.4 Å². The van der Waals surface area contributed by atoms with Gasteiger partial charge in [-0.25, -0.2) is 0 Å². The summed E-state index contributed by atoms with van der Waals surface area (Å²) in [5.41, 5.74) is 6.63. The lowest BCUT2D eigenvalue weighted by Crippen LogP contribution is -2.23. The Kier molecular flexibility index (Phi) is 6.18. The van der Waals surface area contributed by atoms with Gasteiger partial charge in [-0.3, -0.25) is 0 Å². The SMILES string of the molecule is COc1ccc([C@H](N)[C@@H](C)O)cc1OC.Cl. The molecule has 3 N–H and O–H groups in total. The summed E-state index contributed by atoms with van der Waals surface area (Å²) in [6.07, 6.45) is -0.594. The number of ether oxygens (including phenoxy) is 2. The van der Waals surface area contributed by atoms with Crippen LogP contribution in [0.25, 0.3) is 0 Å². The third-order valence-electron chi connectivity index (χ3n) is 2.31. The number of benzene rings is 1. The van der Waals surface area contributed by atoms with Gasteiger partial charge in [-0.1, -0.05) is 6.07 Å². The number of methoxy groups -OCH3 is 2. The molecule has 0 amide bonds. The molecule has 0 spiro atoms. The minimum absolute atomic E-state index is 0. The van der Waals surface area contributed by atoms with Crippen molar-refractivity contribution >= 4 is 12.4 Å². The molecule has 2 atom stereocenters. The minimum atomic E-state index is -0.594. The molecule has 0 aliphatic heterocycles. The highest BCUT2D eigenvalue weighted by atomic mass is 35.5.